The van der Waals surface area contributed by atoms with Crippen molar-refractivity contribution in [2.24, 2.45) is 0 Å². The second-order valence-electron chi connectivity index (χ2n) is 4.35. The molecule has 0 saturated carbocycles. The minimum absolute atomic E-state index is 0.579. The van der Waals surface area contributed by atoms with Crippen molar-refractivity contribution in [3.63, 3.8) is 0 Å². The number of aromatic nitrogens is 1. The molecule has 100 valence electrons. The molecule has 0 aliphatic heterocycles. The molecule has 1 N–H and O–H groups in total. The summed E-state index contributed by atoms with van der Waals surface area (Å²) in [6, 6.07) is 8.12. The van der Waals surface area contributed by atoms with Crippen molar-refractivity contribution < 1.29 is 4.74 Å². The number of pyridine rings is 1. The summed E-state index contributed by atoms with van der Waals surface area (Å²) in [6.45, 7) is 3.43. The number of ether oxygens (including phenoxy) is 1. The number of rotatable bonds is 5. The quantitative estimate of drug-likeness (QED) is 0.906. The van der Waals surface area contributed by atoms with E-state index in [1.54, 1.807) is 7.11 Å². The molecule has 0 aliphatic rings. The Morgan fingerprint density at radius 3 is 2.89 bits per heavy atom. The molecule has 0 fully saturated rings. The van der Waals surface area contributed by atoms with Gasteiger partial charge in [-0.15, -0.1) is 0 Å². The van der Waals surface area contributed by atoms with Crippen LogP contribution in [0, 0.1) is 6.92 Å². The molecule has 2 aromatic rings. The molecule has 4 heteroatoms. The zero-order valence-corrected chi connectivity index (χ0v) is 12.7. The Hall–Kier alpha value is -1.39. The van der Waals surface area contributed by atoms with Crippen molar-refractivity contribution in [2.75, 3.05) is 12.4 Å². The van der Waals surface area contributed by atoms with Crippen molar-refractivity contribution in [1.82, 2.24) is 4.98 Å². The number of nitrogens with one attached hydrogen (secondary N) is 1. The topological polar surface area (TPSA) is 34.1 Å². The summed E-state index contributed by atoms with van der Waals surface area (Å²) < 4.78 is 6.30. The summed E-state index contributed by atoms with van der Waals surface area (Å²) >= 11 is 3.56. The van der Waals surface area contributed by atoms with Gasteiger partial charge in [0.2, 0.25) is 0 Å². The lowest BCUT2D eigenvalue weighted by atomic mass is 10.1. The molecule has 0 aliphatic carbocycles. The summed E-state index contributed by atoms with van der Waals surface area (Å²) in [5, 5.41) is 3.45. The first-order valence-corrected chi connectivity index (χ1v) is 6.91. The number of methoxy groups -OCH3 is 1. The van der Waals surface area contributed by atoms with E-state index in [1.807, 2.05) is 30.6 Å². The highest BCUT2D eigenvalue weighted by Crippen LogP contribution is 2.26. The number of benzene rings is 1. The van der Waals surface area contributed by atoms with E-state index in [0.29, 0.717) is 6.61 Å². The molecule has 0 saturated heterocycles. The Morgan fingerprint density at radius 1 is 1.32 bits per heavy atom. The van der Waals surface area contributed by atoms with E-state index in [0.717, 1.165) is 22.3 Å². The predicted octanol–water partition coefficient (Wildman–Crippen LogP) is 3.91. The summed E-state index contributed by atoms with van der Waals surface area (Å²) in [5.41, 5.74) is 4.66. The highest BCUT2D eigenvalue weighted by Gasteiger charge is 2.06. The predicted molar refractivity (Wildman–Crippen MR) is 81.2 cm³/mol. The molecule has 19 heavy (non-hydrogen) atoms. The van der Waals surface area contributed by atoms with Crippen LogP contribution in [0.3, 0.4) is 0 Å². The minimum Gasteiger partial charge on any atom is -0.381 e. The van der Waals surface area contributed by atoms with Crippen LogP contribution in [0.15, 0.2) is 41.1 Å². The Morgan fingerprint density at radius 2 is 2.16 bits per heavy atom. The number of halogens is 1. The molecule has 0 bridgehead atoms. The Labute approximate surface area is 122 Å². The third kappa shape index (κ3) is 3.55. The minimum atomic E-state index is 0.579. The van der Waals surface area contributed by atoms with E-state index in [9.17, 15) is 0 Å². The lowest BCUT2D eigenvalue weighted by Crippen LogP contribution is -2.05. The first-order chi connectivity index (χ1) is 9.22. The highest BCUT2D eigenvalue weighted by molar-refractivity contribution is 9.10. The summed E-state index contributed by atoms with van der Waals surface area (Å²) in [4.78, 5) is 4.16. The van der Waals surface area contributed by atoms with E-state index >= 15 is 0 Å². The van der Waals surface area contributed by atoms with Gasteiger partial charge in [-0.1, -0.05) is 22.0 Å². The van der Waals surface area contributed by atoms with Crippen molar-refractivity contribution >= 4 is 21.6 Å². The van der Waals surface area contributed by atoms with Gasteiger partial charge in [-0.25, -0.2) is 0 Å². The van der Waals surface area contributed by atoms with Crippen molar-refractivity contribution in [3.8, 4) is 0 Å². The fourth-order valence-electron chi connectivity index (χ4n) is 1.89. The van der Waals surface area contributed by atoms with Crippen LogP contribution in [-0.4, -0.2) is 12.1 Å². The van der Waals surface area contributed by atoms with Crippen molar-refractivity contribution in [3.05, 3.63) is 57.8 Å². The number of aryl methyl sites for hydroxylation is 1. The molecule has 3 nitrogen and oxygen atoms in total. The fourth-order valence-corrected chi connectivity index (χ4v) is 2.37. The molecule has 1 heterocycles. The molecule has 2 rings (SSSR count). The van der Waals surface area contributed by atoms with Gasteiger partial charge in [0.15, 0.2) is 0 Å². The Kier molecular flexibility index (Phi) is 4.93. The van der Waals surface area contributed by atoms with E-state index in [1.165, 1.54) is 11.1 Å². The second-order valence-corrected chi connectivity index (χ2v) is 5.21. The molecular weight excluding hydrogens is 304 g/mol. The molecule has 0 amide bonds. The average Bonchev–Trinajstić information content (AvgIpc) is 2.41. The van der Waals surface area contributed by atoms with Crippen LogP contribution in [-0.2, 0) is 17.9 Å². The largest absolute Gasteiger partial charge is 0.381 e. The molecular formula is C15H17BrN2O. The van der Waals surface area contributed by atoms with Gasteiger partial charge >= 0.3 is 0 Å². The summed E-state index contributed by atoms with van der Waals surface area (Å²) in [7, 11) is 1.70. The van der Waals surface area contributed by atoms with E-state index in [4.69, 9.17) is 4.74 Å². The molecule has 0 atom stereocenters. The van der Waals surface area contributed by atoms with Gasteiger partial charge in [-0.05, 0) is 36.2 Å². The van der Waals surface area contributed by atoms with Gasteiger partial charge in [-0.3, -0.25) is 4.98 Å². The van der Waals surface area contributed by atoms with Crippen LogP contribution in [0.1, 0.15) is 16.7 Å². The van der Waals surface area contributed by atoms with Gasteiger partial charge in [0.05, 0.1) is 6.61 Å². The third-order valence-electron chi connectivity index (χ3n) is 3.02. The van der Waals surface area contributed by atoms with Gasteiger partial charge < -0.3 is 10.1 Å². The first kappa shape index (κ1) is 14.0. The van der Waals surface area contributed by atoms with E-state index < -0.39 is 0 Å². The second kappa shape index (κ2) is 6.68. The molecule has 0 unspecified atom stereocenters. The fraction of sp³-hybridized carbons (Fsp3) is 0.267. The maximum absolute atomic E-state index is 5.24. The van der Waals surface area contributed by atoms with Crippen molar-refractivity contribution in [2.45, 2.75) is 20.1 Å². The van der Waals surface area contributed by atoms with Gasteiger partial charge in [0, 0.05) is 41.8 Å². The lowest BCUT2D eigenvalue weighted by molar-refractivity contribution is 0.185. The molecule has 1 aromatic heterocycles. The monoisotopic (exact) mass is 320 g/mol. The van der Waals surface area contributed by atoms with Crippen LogP contribution in [0.25, 0.3) is 0 Å². The van der Waals surface area contributed by atoms with E-state index in [2.05, 4.69) is 39.2 Å². The van der Waals surface area contributed by atoms with Crippen LogP contribution in [0.5, 0.6) is 0 Å². The maximum Gasteiger partial charge on any atom is 0.0744 e. The number of hydrogen-bond acceptors (Lipinski definition) is 3. The highest BCUT2D eigenvalue weighted by atomic mass is 79.9. The molecule has 1 aromatic carbocycles. The van der Waals surface area contributed by atoms with Crippen LogP contribution in [0.2, 0.25) is 0 Å². The van der Waals surface area contributed by atoms with Crippen LogP contribution in [0.4, 0.5) is 5.69 Å². The number of nitrogens with zero attached hydrogens (tertiary/aromatic N) is 1. The maximum atomic E-state index is 5.24. The van der Waals surface area contributed by atoms with E-state index in [-0.39, 0.29) is 0 Å². The standard InChI is InChI=1S/C15H17BrN2O/c1-11-6-7-17-8-12(11)9-18-15-5-3-4-14(16)13(15)10-19-2/h3-8,18H,9-10H2,1-2H3. The normalized spacial score (nSPS) is 10.5. The van der Waals surface area contributed by atoms with Crippen LogP contribution < -0.4 is 5.32 Å². The lowest BCUT2D eigenvalue weighted by Gasteiger charge is -2.14. The van der Waals surface area contributed by atoms with Gasteiger partial charge in [0.1, 0.15) is 0 Å². The average molecular weight is 321 g/mol. The zero-order valence-electron chi connectivity index (χ0n) is 11.1. The van der Waals surface area contributed by atoms with Crippen molar-refractivity contribution in [1.29, 1.82) is 0 Å². The van der Waals surface area contributed by atoms with Gasteiger partial charge in [0.25, 0.3) is 0 Å². The summed E-state index contributed by atoms with van der Waals surface area (Å²) in [5.74, 6) is 0. The molecule has 0 spiro atoms. The SMILES string of the molecule is COCc1c(Br)cccc1NCc1cnccc1C. The van der Waals surface area contributed by atoms with Crippen LogP contribution >= 0.6 is 15.9 Å². The summed E-state index contributed by atoms with van der Waals surface area (Å²) in [6.07, 6.45) is 3.71. The first-order valence-electron chi connectivity index (χ1n) is 6.12. The molecule has 0 radical (unpaired) electrons. The Bertz CT molecular complexity index is 558. The smallest absolute Gasteiger partial charge is 0.0744 e. The third-order valence-corrected chi connectivity index (χ3v) is 3.77. The number of hydrogen-bond donors (Lipinski definition) is 1. The van der Waals surface area contributed by atoms with Gasteiger partial charge in [-0.2, -0.15) is 0 Å². The number of anilines is 1. The Balaban J connectivity index is 2.16. The zero-order chi connectivity index (χ0) is 13.7.